The van der Waals surface area contributed by atoms with E-state index in [1.54, 1.807) is 42.0 Å². The van der Waals surface area contributed by atoms with E-state index >= 15 is 0 Å². The first-order chi connectivity index (χ1) is 22.4. The van der Waals surface area contributed by atoms with Gasteiger partial charge in [0.2, 0.25) is 0 Å². The van der Waals surface area contributed by atoms with Crippen molar-refractivity contribution in [1.82, 2.24) is 20.4 Å². The Bertz CT molecular complexity index is 1760. The zero-order valence-corrected chi connectivity index (χ0v) is 31.1. The molecule has 2 heterocycles. The summed E-state index contributed by atoms with van der Waals surface area (Å²) in [5.41, 5.74) is 7.53. The van der Waals surface area contributed by atoms with E-state index in [0.29, 0.717) is 16.9 Å². The van der Waals surface area contributed by atoms with Crippen LogP contribution in [0.2, 0.25) is 0 Å². The Balaban J connectivity index is 0.000000418. The second kappa shape index (κ2) is 18.0. The smallest absolute Gasteiger partial charge is 0.414 e. The lowest BCUT2D eigenvalue weighted by Crippen LogP contribution is -2.29. The van der Waals surface area contributed by atoms with Crippen molar-refractivity contribution in [2.45, 2.75) is 60.0 Å². The molecule has 0 fully saturated rings. The van der Waals surface area contributed by atoms with Crippen LogP contribution in [-0.4, -0.2) is 78.5 Å². The van der Waals surface area contributed by atoms with E-state index in [2.05, 4.69) is 22.5 Å². The highest BCUT2D eigenvalue weighted by atomic mass is 35.5. The lowest BCUT2D eigenvalue weighted by Gasteiger charge is -2.16. The maximum Gasteiger partial charge on any atom is 0.414 e. The number of halogens is 2. The third-order valence-corrected chi connectivity index (χ3v) is 7.87. The van der Waals surface area contributed by atoms with Gasteiger partial charge in [-0.2, -0.15) is 0 Å². The quantitative estimate of drug-likeness (QED) is 0.207. The second-order valence-corrected chi connectivity index (χ2v) is 12.1. The number of benzene rings is 2. The van der Waals surface area contributed by atoms with Crippen molar-refractivity contribution in [1.29, 1.82) is 0 Å². The van der Waals surface area contributed by atoms with Gasteiger partial charge >= 0.3 is 11.5 Å². The normalized spacial score (nSPS) is 16.0. The molecule has 0 saturated heterocycles. The highest BCUT2D eigenvalue weighted by molar-refractivity contribution is 6.62. The first kappa shape index (κ1) is 42.1. The monoisotopic (exact) mass is 710 g/mol. The van der Waals surface area contributed by atoms with Gasteiger partial charge in [-0.15, -0.1) is 25.3 Å². The van der Waals surface area contributed by atoms with Crippen molar-refractivity contribution >= 4 is 58.4 Å². The highest BCUT2D eigenvalue weighted by Crippen LogP contribution is 2.33. The van der Waals surface area contributed by atoms with E-state index in [9.17, 15) is 24.3 Å². The number of aliphatic hydroxyl groups is 1. The SMILES string of the molecule is C#Cc1cc(C)c(C2=C(O)C(C)NC2=O)c(CC)c1.C#Cc1cc(C)c(C2=C(OC(=O)N(C)C)C(C)NC2=O)c(C)c1.CN(C)C(=O)Cl.Cl. The minimum Gasteiger partial charge on any atom is -0.509 e. The van der Waals surface area contributed by atoms with E-state index in [-0.39, 0.29) is 42.1 Å². The summed E-state index contributed by atoms with van der Waals surface area (Å²) in [6.07, 6.45) is 11.1. The summed E-state index contributed by atoms with van der Waals surface area (Å²) in [4.78, 5) is 48.7. The number of rotatable bonds is 4. The van der Waals surface area contributed by atoms with Crippen molar-refractivity contribution in [2.75, 3.05) is 28.2 Å². The Labute approximate surface area is 300 Å². The summed E-state index contributed by atoms with van der Waals surface area (Å²) in [6, 6.07) is 6.75. The van der Waals surface area contributed by atoms with Gasteiger partial charge in [0.15, 0.2) is 0 Å². The molecule has 0 bridgehead atoms. The number of nitrogens with zero attached hydrogens (tertiary/aromatic N) is 2. The summed E-state index contributed by atoms with van der Waals surface area (Å²) in [5, 5.41) is 15.2. The number of aryl methyl sites for hydroxylation is 4. The largest absolute Gasteiger partial charge is 0.509 e. The Morgan fingerprint density at radius 3 is 1.65 bits per heavy atom. The molecular formula is C37H44Cl2N4O6. The molecule has 262 valence electrons. The molecule has 0 aliphatic carbocycles. The molecular weight excluding hydrogens is 667 g/mol. The van der Waals surface area contributed by atoms with Crippen LogP contribution in [0.4, 0.5) is 9.59 Å². The van der Waals surface area contributed by atoms with Crippen molar-refractivity contribution in [3.8, 4) is 24.7 Å². The number of nitrogens with one attached hydrogen (secondary N) is 2. The first-order valence-corrected chi connectivity index (χ1v) is 15.5. The average molecular weight is 712 g/mol. The Morgan fingerprint density at radius 2 is 1.27 bits per heavy atom. The fourth-order valence-corrected chi connectivity index (χ4v) is 5.16. The molecule has 0 saturated carbocycles. The van der Waals surface area contributed by atoms with Crippen LogP contribution in [0.15, 0.2) is 35.8 Å². The predicted octanol–water partition coefficient (Wildman–Crippen LogP) is 5.87. The number of carbonyl (C=O) groups excluding carboxylic acids is 4. The summed E-state index contributed by atoms with van der Waals surface area (Å²) >= 11 is 4.90. The summed E-state index contributed by atoms with van der Waals surface area (Å²) < 4.78 is 5.43. The van der Waals surface area contributed by atoms with Gasteiger partial charge in [-0.25, -0.2) is 4.79 Å². The molecule has 2 aliphatic rings. The van der Waals surface area contributed by atoms with Crippen LogP contribution < -0.4 is 10.6 Å². The number of carbonyl (C=O) groups is 4. The molecule has 0 aromatic heterocycles. The molecule has 4 rings (SSSR count). The maximum atomic E-state index is 12.4. The van der Waals surface area contributed by atoms with Crippen LogP contribution >= 0.6 is 24.0 Å². The maximum absolute atomic E-state index is 12.4. The van der Waals surface area contributed by atoms with Gasteiger partial charge < -0.3 is 30.3 Å². The molecule has 12 heteroatoms. The lowest BCUT2D eigenvalue weighted by atomic mass is 9.91. The molecule has 0 spiro atoms. The van der Waals surface area contributed by atoms with Crippen LogP contribution in [0.5, 0.6) is 0 Å². The molecule has 0 radical (unpaired) electrons. The van der Waals surface area contributed by atoms with Gasteiger partial charge in [0.25, 0.3) is 11.8 Å². The van der Waals surface area contributed by atoms with E-state index in [1.165, 1.54) is 9.80 Å². The Morgan fingerprint density at radius 1 is 0.837 bits per heavy atom. The summed E-state index contributed by atoms with van der Waals surface area (Å²) in [6.45, 7) is 11.2. The molecule has 2 aromatic carbocycles. The minimum absolute atomic E-state index is 0. The van der Waals surface area contributed by atoms with Gasteiger partial charge in [0.1, 0.15) is 11.5 Å². The second-order valence-electron chi connectivity index (χ2n) is 11.8. The van der Waals surface area contributed by atoms with Crippen LogP contribution in [0, 0.1) is 45.5 Å². The fraction of sp³-hybridized carbons (Fsp3) is 0.351. The zero-order valence-electron chi connectivity index (χ0n) is 29.5. The van der Waals surface area contributed by atoms with Crippen molar-refractivity contribution in [3.63, 3.8) is 0 Å². The highest BCUT2D eigenvalue weighted by Gasteiger charge is 2.35. The van der Waals surface area contributed by atoms with Gasteiger partial charge in [0, 0.05) is 39.3 Å². The van der Waals surface area contributed by atoms with Crippen molar-refractivity contribution < 1.29 is 29.0 Å². The number of amides is 4. The van der Waals surface area contributed by atoms with Crippen LogP contribution in [0.3, 0.4) is 0 Å². The lowest BCUT2D eigenvalue weighted by molar-refractivity contribution is -0.116. The number of hydrogen-bond donors (Lipinski definition) is 3. The number of ether oxygens (including phenoxy) is 1. The van der Waals surface area contributed by atoms with Gasteiger partial charge in [-0.1, -0.05) is 18.8 Å². The molecule has 2 aromatic rings. The third kappa shape index (κ3) is 10.1. The number of hydrogen-bond acceptors (Lipinski definition) is 6. The molecule has 49 heavy (non-hydrogen) atoms. The minimum atomic E-state index is -0.517. The first-order valence-electron chi connectivity index (χ1n) is 15.1. The fourth-order valence-electron chi connectivity index (χ4n) is 5.16. The molecule has 2 atom stereocenters. The van der Waals surface area contributed by atoms with Crippen molar-refractivity contribution in [3.05, 3.63) is 80.3 Å². The van der Waals surface area contributed by atoms with Crippen LogP contribution in [0.1, 0.15) is 65.3 Å². The third-order valence-electron chi connectivity index (χ3n) is 7.53. The molecule has 4 amide bonds. The number of terminal acetylenes is 2. The van der Waals surface area contributed by atoms with Gasteiger partial charge in [-0.3, -0.25) is 14.4 Å². The molecule has 3 N–H and O–H groups in total. The summed E-state index contributed by atoms with van der Waals surface area (Å²) in [5.74, 6) is 5.18. The topological polar surface area (TPSA) is 128 Å². The number of aliphatic hydroxyl groups excluding tert-OH is 1. The van der Waals surface area contributed by atoms with Crippen LogP contribution in [-0.2, 0) is 20.7 Å². The zero-order chi connectivity index (χ0) is 36.6. The van der Waals surface area contributed by atoms with E-state index in [4.69, 9.17) is 29.2 Å². The van der Waals surface area contributed by atoms with E-state index < -0.39 is 11.5 Å². The Kier molecular flexibility index (Phi) is 15.5. The van der Waals surface area contributed by atoms with Crippen molar-refractivity contribution in [2.24, 2.45) is 0 Å². The predicted molar refractivity (Wildman–Crippen MR) is 196 cm³/mol. The Hall–Kier alpha value is -4.90. The molecule has 2 unspecified atom stereocenters. The van der Waals surface area contributed by atoms with E-state index in [1.807, 2.05) is 52.0 Å². The summed E-state index contributed by atoms with van der Waals surface area (Å²) in [7, 11) is 6.37. The van der Waals surface area contributed by atoms with Crippen LogP contribution in [0.25, 0.3) is 11.1 Å². The van der Waals surface area contributed by atoms with Gasteiger partial charge in [0.05, 0.1) is 23.2 Å². The standard InChI is InChI=1S/C18H20N2O3.C16H17NO2.C3H6ClNO.ClH/c1-7-13-8-10(2)14(11(3)9-13)15-16(12(4)19-17(15)21)23-18(22)20(5)6;1-5-11-7-9(3)13(12(6-2)8-11)14-15(18)10(4)17-16(14)19;1-5(2)3(4)6;/h1,8-9,12H,2-6H3,(H,19,21);1,7-8,10,18H,6H2,2-4H3,(H,17,19);1-2H3;1H. The average Bonchev–Trinajstić information content (AvgIpc) is 3.43. The molecule has 10 nitrogen and oxygen atoms in total. The van der Waals surface area contributed by atoms with E-state index in [0.717, 1.165) is 50.9 Å². The molecule has 2 aliphatic heterocycles. The van der Waals surface area contributed by atoms with Gasteiger partial charge in [-0.05, 0) is 110 Å².